The Bertz CT molecular complexity index is 1030. The van der Waals surface area contributed by atoms with Gasteiger partial charge in [-0.3, -0.25) is 19.1 Å². The highest BCUT2D eigenvalue weighted by molar-refractivity contribution is 7.90. The number of hydrogen-bond donors (Lipinski definition) is 2. The van der Waals surface area contributed by atoms with Crippen LogP contribution in [0.15, 0.2) is 46.5 Å². The van der Waals surface area contributed by atoms with Crippen LogP contribution in [-0.4, -0.2) is 42.3 Å². The number of aromatic nitrogens is 2. The number of fused-ring (bicyclic) bond motifs is 1. The number of sulfonamides is 1. The van der Waals surface area contributed by atoms with E-state index in [1.54, 1.807) is 32.0 Å². The Morgan fingerprint density at radius 2 is 2.03 bits per heavy atom. The van der Waals surface area contributed by atoms with Gasteiger partial charge in [0.2, 0.25) is 5.91 Å². The zero-order valence-corrected chi connectivity index (χ0v) is 16.7. The summed E-state index contributed by atoms with van der Waals surface area (Å²) in [7, 11) is -3.71. The summed E-state index contributed by atoms with van der Waals surface area (Å²) in [6.07, 6.45) is 2.57. The number of imidazole rings is 1. The van der Waals surface area contributed by atoms with E-state index in [4.69, 9.17) is 0 Å². The molecule has 1 aromatic heterocycles. The van der Waals surface area contributed by atoms with E-state index in [1.165, 1.54) is 18.5 Å². The molecule has 0 bridgehead atoms. The van der Waals surface area contributed by atoms with E-state index in [2.05, 4.69) is 20.0 Å². The maximum Gasteiger partial charge on any atom is 0.319 e. The highest BCUT2D eigenvalue weighted by Gasteiger charge is 2.32. The van der Waals surface area contributed by atoms with Crippen LogP contribution in [0, 0.1) is 5.92 Å². The third-order valence-electron chi connectivity index (χ3n) is 4.44. The first-order chi connectivity index (χ1) is 13.7. The molecule has 29 heavy (non-hydrogen) atoms. The Morgan fingerprint density at radius 3 is 2.72 bits per heavy atom. The highest BCUT2D eigenvalue weighted by Crippen LogP contribution is 2.23. The number of rotatable bonds is 7. The van der Waals surface area contributed by atoms with Crippen LogP contribution < -0.4 is 10.0 Å². The highest BCUT2D eigenvalue weighted by atomic mass is 32.2. The molecule has 2 aromatic rings. The zero-order chi connectivity index (χ0) is 21.2. The van der Waals surface area contributed by atoms with Gasteiger partial charge in [0.25, 0.3) is 10.0 Å². The number of alkyl halides is 2. The zero-order valence-electron chi connectivity index (χ0n) is 15.8. The van der Waals surface area contributed by atoms with Crippen molar-refractivity contribution in [3.8, 4) is 0 Å². The van der Waals surface area contributed by atoms with Crippen molar-refractivity contribution in [1.82, 2.24) is 19.6 Å². The molecular weight excluding hydrogens is 404 g/mol. The summed E-state index contributed by atoms with van der Waals surface area (Å²) in [5, 5.41) is 2.67. The number of amides is 1. The summed E-state index contributed by atoms with van der Waals surface area (Å²) in [5.41, 5.74) is 0.407. The van der Waals surface area contributed by atoms with E-state index < -0.39 is 28.5 Å². The van der Waals surface area contributed by atoms with Gasteiger partial charge in [-0.05, 0) is 18.1 Å². The van der Waals surface area contributed by atoms with Crippen LogP contribution in [0.3, 0.4) is 0 Å². The number of carbonyl (C=O) groups is 1. The van der Waals surface area contributed by atoms with Gasteiger partial charge in [0.05, 0.1) is 4.90 Å². The molecule has 0 aliphatic carbocycles. The molecule has 2 heterocycles. The third kappa shape index (κ3) is 4.44. The average Bonchev–Trinajstić information content (AvgIpc) is 3.22. The molecule has 1 aromatic carbocycles. The van der Waals surface area contributed by atoms with E-state index in [0.717, 1.165) is 4.57 Å². The molecule has 11 heteroatoms. The van der Waals surface area contributed by atoms with Gasteiger partial charge in [-0.15, -0.1) is 0 Å². The van der Waals surface area contributed by atoms with Crippen molar-refractivity contribution in [3.05, 3.63) is 48.0 Å². The summed E-state index contributed by atoms with van der Waals surface area (Å²) in [6.45, 7) is 0.965. The fourth-order valence-electron chi connectivity index (χ4n) is 3.00. The first-order valence-electron chi connectivity index (χ1n) is 8.98. The molecule has 0 fully saturated rings. The Kier molecular flexibility index (Phi) is 5.96. The number of carbonyl (C=O) groups excluding carboxylic acids is 1. The van der Waals surface area contributed by atoms with Crippen molar-refractivity contribution in [1.29, 1.82) is 0 Å². The van der Waals surface area contributed by atoms with Crippen molar-refractivity contribution in [2.45, 2.75) is 37.8 Å². The van der Waals surface area contributed by atoms with E-state index in [1.807, 2.05) is 0 Å². The molecule has 0 saturated carbocycles. The molecule has 1 aliphatic heterocycles. The van der Waals surface area contributed by atoms with Crippen LogP contribution in [0.1, 0.15) is 31.8 Å². The number of halogens is 2. The number of nitrogens with one attached hydrogen (secondary N) is 2. The molecule has 2 N–H and O–H groups in total. The number of benzene rings is 1. The number of nitrogens with zero attached hydrogens (tertiary/aromatic N) is 3. The molecule has 8 nitrogen and oxygen atoms in total. The summed E-state index contributed by atoms with van der Waals surface area (Å²) in [5.74, 6) is -0.373. The third-order valence-corrected chi connectivity index (χ3v) is 5.84. The van der Waals surface area contributed by atoms with Crippen LogP contribution in [0.2, 0.25) is 0 Å². The fraction of sp³-hybridized carbons (Fsp3) is 0.389. The molecule has 0 unspecified atom stereocenters. The van der Waals surface area contributed by atoms with Crippen molar-refractivity contribution >= 4 is 21.8 Å². The van der Waals surface area contributed by atoms with Crippen LogP contribution in [0.25, 0.3) is 0 Å². The summed E-state index contributed by atoms with van der Waals surface area (Å²) < 4.78 is 53.2. The van der Waals surface area contributed by atoms with Crippen LogP contribution in [0.4, 0.5) is 8.78 Å². The minimum absolute atomic E-state index is 0.0962. The first-order valence-corrected chi connectivity index (χ1v) is 10.5. The van der Waals surface area contributed by atoms with E-state index in [0.29, 0.717) is 5.56 Å². The number of hydrogen-bond acceptors (Lipinski definition) is 5. The minimum Gasteiger partial charge on any atom is -0.354 e. The maximum atomic E-state index is 12.9. The van der Waals surface area contributed by atoms with Gasteiger partial charge in [0.1, 0.15) is 17.7 Å². The molecule has 0 radical (unpaired) electrons. The predicted molar refractivity (Wildman–Crippen MR) is 102 cm³/mol. The van der Waals surface area contributed by atoms with Gasteiger partial charge in [-0.2, -0.15) is 8.78 Å². The lowest BCUT2D eigenvalue weighted by atomic mass is 10.0. The molecule has 3 rings (SSSR count). The molecule has 0 spiro atoms. The molecule has 0 saturated heterocycles. The lowest BCUT2D eigenvalue weighted by Gasteiger charge is -2.17. The van der Waals surface area contributed by atoms with Gasteiger partial charge < -0.3 is 5.32 Å². The van der Waals surface area contributed by atoms with Gasteiger partial charge in [0.15, 0.2) is 0 Å². The van der Waals surface area contributed by atoms with Crippen molar-refractivity contribution < 1.29 is 22.0 Å². The Labute approximate surface area is 167 Å². The van der Waals surface area contributed by atoms with Crippen molar-refractivity contribution in [2.75, 3.05) is 6.54 Å². The second-order valence-electron chi connectivity index (χ2n) is 6.84. The smallest absolute Gasteiger partial charge is 0.319 e. The standard InChI is InChI=1S/C18H21F2N5O3S/c1-11(2)15(17(26)22-8-7-14-21-9-10-25(14)18(19)20)23-16-12-5-3-4-6-13(12)29(27,28)24-16/h3-6,9-11,15,18H,7-8H2,1-2H3,(H,22,26)(H,23,24)/t15-/m0/s1. The number of amidine groups is 1. The summed E-state index contributed by atoms with van der Waals surface area (Å²) in [6, 6.07) is 5.53. The molecule has 1 aliphatic rings. The van der Waals surface area contributed by atoms with Crippen molar-refractivity contribution in [3.63, 3.8) is 0 Å². The Morgan fingerprint density at radius 1 is 1.31 bits per heavy atom. The Hall–Kier alpha value is -2.82. The van der Waals surface area contributed by atoms with Crippen LogP contribution in [-0.2, 0) is 21.2 Å². The van der Waals surface area contributed by atoms with E-state index in [9.17, 15) is 22.0 Å². The normalized spacial score (nSPS) is 17.4. The quantitative estimate of drug-likeness (QED) is 0.704. The van der Waals surface area contributed by atoms with Gasteiger partial charge in [-0.25, -0.2) is 13.4 Å². The molecule has 156 valence electrons. The second kappa shape index (κ2) is 8.27. The Balaban J connectivity index is 1.73. The van der Waals surface area contributed by atoms with Gasteiger partial charge in [0, 0.05) is 30.9 Å². The maximum absolute atomic E-state index is 12.9. The minimum atomic E-state index is -3.71. The lowest BCUT2D eigenvalue weighted by Crippen LogP contribution is -2.39. The average molecular weight is 425 g/mol. The molecule has 1 amide bonds. The fourth-order valence-corrected chi connectivity index (χ4v) is 4.24. The SMILES string of the molecule is CC(C)[C@H](N=C1NS(=O)(=O)c2ccccc21)C(=O)NCCc1nccn1C(F)F. The van der Waals surface area contributed by atoms with Gasteiger partial charge >= 0.3 is 6.55 Å². The first kappa shape index (κ1) is 20.9. The van der Waals surface area contributed by atoms with E-state index >= 15 is 0 Å². The summed E-state index contributed by atoms with van der Waals surface area (Å²) >= 11 is 0. The monoisotopic (exact) mass is 425 g/mol. The van der Waals surface area contributed by atoms with Crippen LogP contribution >= 0.6 is 0 Å². The largest absolute Gasteiger partial charge is 0.354 e. The van der Waals surface area contributed by atoms with E-state index in [-0.39, 0.29) is 35.4 Å². The second-order valence-corrected chi connectivity index (χ2v) is 8.49. The topological polar surface area (TPSA) is 105 Å². The van der Waals surface area contributed by atoms with Gasteiger partial charge in [-0.1, -0.05) is 26.0 Å². The van der Waals surface area contributed by atoms with Crippen molar-refractivity contribution in [2.24, 2.45) is 10.9 Å². The molecule has 1 atom stereocenters. The lowest BCUT2D eigenvalue weighted by molar-refractivity contribution is -0.123. The molecular formula is C18H21F2N5O3S. The summed E-state index contributed by atoms with van der Waals surface area (Å²) in [4.78, 5) is 20.9. The number of aliphatic imine (C=N–C) groups is 1. The van der Waals surface area contributed by atoms with Crippen LogP contribution in [0.5, 0.6) is 0 Å². The predicted octanol–water partition coefficient (Wildman–Crippen LogP) is 1.70.